The third-order valence-electron chi connectivity index (χ3n) is 4.18. The molecule has 0 aliphatic heterocycles. The van der Waals surface area contributed by atoms with Crippen LogP contribution in [0, 0.1) is 19.8 Å². The lowest BCUT2D eigenvalue weighted by atomic mass is 9.76. The lowest BCUT2D eigenvalue weighted by molar-refractivity contribution is -0.150. The second kappa shape index (κ2) is 5.87. The zero-order valence-electron chi connectivity index (χ0n) is 12.8. The summed E-state index contributed by atoms with van der Waals surface area (Å²) in [6.45, 7) is 5.83. The van der Waals surface area contributed by atoms with E-state index in [1.165, 1.54) is 0 Å². The summed E-state index contributed by atoms with van der Waals surface area (Å²) < 4.78 is 1.60. The summed E-state index contributed by atoms with van der Waals surface area (Å²) in [4.78, 5) is 23.9. The molecule has 1 aromatic rings. The lowest BCUT2D eigenvalue weighted by Gasteiger charge is -2.37. The second-order valence-corrected chi connectivity index (χ2v) is 6.22. The fourth-order valence-corrected chi connectivity index (χ4v) is 3.19. The number of nitrogens with one attached hydrogen (secondary N) is 1. The van der Waals surface area contributed by atoms with E-state index in [0.717, 1.165) is 24.2 Å². The van der Waals surface area contributed by atoms with Crippen LogP contribution in [0.3, 0.4) is 0 Å². The van der Waals surface area contributed by atoms with Gasteiger partial charge in [0.25, 0.3) is 0 Å². The van der Waals surface area contributed by atoms with Crippen molar-refractivity contribution in [1.82, 2.24) is 15.1 Å². The molecule has 6 heteroatoms. The molecule has 2 rings (SSSR count). The van der Waals surface area contributed by atoms with Gasteiger partial charge in [0.05, 0.1) is 5.69 Å². The van der Waals surface area contributed by atoms with E-state index in [0.29, 0.717) is 18.8 Å². The number of hydrogen-bond acceptors (Lipinski definition) is 3. The van der Waals surface area contributed by atoms with Crippen LogP contribution >= 0.6 is 0 Å². The van der Waals surface area contributed by atoms with Gasteiger partial charge >= 0.3 is 5.97 Å². The first-order valence-electron chi connectivity index (χ1n) is 7.38. The molecule has 0 bridgehead atoms. The highest BCUT2D eigenvalue weighted by molar-refractivity contribution is 5.87. The van der Waals surface area contributed by atoms with E-state index in [2.05, 4.69) is 10.4 Å². The Morgan fingerprint density at radius 1 is 1.52 bits per heavy atom. The van der Waals surface area contributed by atoms with Gasteiger partial charge in [-0.2, -0.15) is 5.10 Å². The molecule has 1 aliphatic rings. The molecule has 1 fully saturated rings. The van der Waals surface area contributed by atoms with Crippen molar-refractivity contribution in [2.45, 2.75) is 58.5 Å². The number of carbonyl (C=O) groups excluding carboxylic acids is 1. The van der Waals surface area contributed by atoms with Crippen molar-refractivity contribution in [3.63, 3.8) is 0 Å². The Kier molecular flexibility index (Phi) is 4.34. The van der Waals surface area contributed by atoms with E-state index in [4.69, 9.17) is 0 Å². The highest BCUT2D eigenvalue weighted by Gasteiger charge is 2.43. The first kappa shape index (κ1) is 15.5. The van der Waals surface area contributed by atoms with Crippen LogP contribution in [-0.2, 0) is 16.1 Å². The summed E-state index contributed by atoms with van der Waals surface area (Å²) in [5, 5.41) is 16.5. The van der Waals surface area contributed by atoms with E-state index < -0.39 is 11.5 Å². The van der Waals surface area contributed by atoms with Crippen LogP contribution in [0.4, 0.5) is 0 Å². The van der Waals surface area contributed by atoms with Crippen LogP contribution < -0.4 is 5.32 Å². The van der Waals surface area contributed by atoms with Gasteiger partial charge in [0, 0.05) is 5.69 Å². The first-order chi connectivity index (χ1) is 9.82. The summed E-state index contributed by atoms with van der Waals surface area (Å²) in [5.41, 5.74) is 0.619. The molecule has 21 heavy (non-hydrogen) atoms. The molecule has 1 saturated carbocycles. The van der Waals surface area contributed by atoms with Gasteiger partial charge in [0.15, 0.2) is 0 Å². The monoisotopic (exact) mass is 293 g/mol. The van der Waals surface area contributed by atoms with E-state index in [9.17, 15) is 14.7 Å². The minimum atomic E-state index is -1.12. The molecule has 1 amide bonds. The number of carboxylic acids is 1. The Morgan fingerprint density at radius 2 is 2.24 bits per heavy atom. The van der Waals surface area contributed by atoms with Gasteiger partial charge in [-0.15, -0.1) is 0 Å². The number of amides is 1. The third kappa shape index (κ3) is 3.43. The standard InChI is InChI=1S/C15H23N3O3/c1-10-5-4-6-15(8-10,14(20)21)16-13(19)9-18-12(3)7-11(2)17-18/h7,10H,4-6,8-9H2,1-3H3,(H,16,19)(H,20,21). The molecule has 2 unspecified atom stereocenters. The van der Waals surface area contributed by atoms with Crippen molar-refractivity contribution in [2.75, 3.05) is 0 Å². The third-order valence-corrected chi connectivity index (χ3v) is 4.18. The zero-order valence-corrected chi connectivity index (χ0v) is 12.8. The maximum absolute atomic E-state index is 12.2. The summed E-state index contributed by atoms with van der Waals surface area (Å²) in [5.74, 6) is -0.919. The van der Waals surface area contributed by atoms with Crippen molar-refractivity contribution in [2.24, 2.45) is 5.92 Å². The number of rotatable bonds is 4. The molecule has 6 nitrogen and oxygen atoms in total. The molecule has 0 saturated heterocycles. The van der Waals surface area contributed by atoms with Crippen LogP contribution in [0.25, 0.3) is 0 Å². The number of carbonyl (C=O) groups is 2. The summed E-state index contributed by atoms with van der Waals surface area (Å²) in [6, 6.07) is 1.89. The average Bonchev–Trinajstić information content (AvgIpc) is 2.67. The van der Waals surface area contributed by atoms with Crippen LogP contribution in [-0.4, -0.2) is 32.3 Å². The Bertz CT molecular complexity index is 552. The Labute approximate surface area is 124 Å². The number of aromatic nitrogens is 2. The van der Waals surface area contributed by atoms with Crippen LogP contribution in [0.5, 0.6) is 0 Å². The highest BCUT2D eigenvalue weighted by Crippen LogP contribution is 2.32. The molecule has 0 radical (unpaired) electrons. The molecule has 1 heterocycles. The van der Waals surface area contributed by atoms with E-state index in [1.54, 1.807) is 4.68 Å². The van der Waals surface area contributed by atoms with Gasteiger partial charge in [0.1, 0.15) is 12.1 Å². The molecule has 2 N–H and O–H groups in total. The Morgan fingerprint density at radius 3 is 2.76 bits per heavy atom. The van der Waals surface area contributed by atoms with Gasteiger partial charge in [-0.1, -0.05) is 19.8 Å². The number of aliphatic carboxylic acids is 1. The Hall–Kier alpha value is -1.85. The Balaban J connectivity index is 2.08. The zero-order chi connectivity index (χ0) is 15.6. The minimum Gasteiger partial charge on any atom is -0.480 e. The van der Waals surface area contributed by atoms with Crippen molar-refractivity contribution >= 4 is 11.9 Å². The van der Waals surface area contributed by atoms with E-state index >= 15 is 0 Å². The first-order valence-corrected chi connectivity index (χ1v) is 7.38. The summed E-state index contributed by atoms with van der Waals surface area (Å²) in [7, 11) is 0. The number of aryl methyl sites for hydroxylation is 2. The predicted molar refractivity (Wildman–Crippen MR) is 77.8 cm³/mol. The van der Waals surface area contributed by atoms with Gasteiger partial charge in [0.2, 0.25) is 5.91 Å². The van der Waals surface area contributed by atoms with Crippen LogP contribution in [0.15, 0.2) is 6.07 Å². The molecule has 0 spiro atoms. The second-order valence-electron chi connectivity index (χ2n) is 6.22. The van der Waals surface area contributed by atoms with E-state index in [-0.39, 0.29) is 12.5 Å². The van der Waals surface area contributed by atoms with Crippen molar-refractivity contribution < 1.29 is 14.7 Å². The highest BCUT2D eigenvalue weighted by atomic mass is 16.4. The number of carboxylic acid groups (broad SMARTS) is 1. The van der Waals surface area contributed by atoms with Gasteiger partial charge in [-0.3, -0.25) is 9.48 Å². The SMILES string of the molecule is Cc1cc(C)n(CC(=O)NC2(C(=O)O)CCCC(C)C2)n1. The molecule has 1 aliphatic carbocycles. The average molecular weight is 293 g/mol. The maximum Gasteiger partial charge on any atom is 0.329 e. The normalized spacial score (nSPS) is 25.6. The van der Waals surface area contributed by atoms with Crippen LogP contribution in [0.1, 0.15) is 44.0 Å². The van der Waals surface area contributed by atoms with Gasteiger partial charge in [-0.25, -0.2) is 4.79 Å². The quantitative estimate of drug-likeness (QED) is 0.884. The smallest absolute Gasteiger partial charge is 0.329 e. The van der Waals surface area contributed by atoms with Crippen molar-refractivity contribution in [1.29, 1.82) is 0 Å². The molecular weight excluding hydrogens is 270 g/mol. The fourth-order valence-electron chi connectivity index (χ4n) is 3.19. The molecule has 116 valence electrons. The molecular formula is C15H23N3O3. The maximum atomic E-state index is 12.2. The van der Waals surface area contributed by atoms with Crippen LogP contribution in [0.2, 0.25) is 0 Å². The minimum absolute atomic E-state index is 0.0586. The molecule has 0 aromatic carbocycles. The van der Waals surface area contributed by atoms with E-state index in [1.807, 2.05) is 26.8 Å². The molecule has 2 atom stereocenters. The van der Waals surface area contributed by atoms with Gasteiger partial charge in [-0.05, 0) is 38.7 Å². The topological polar surface area (TPSA) is 84.2 Å². The number of nitrogens with zero attached hydrogens (tertiary/aromatic N) is 2. The summed E-state index contributed by atoms with van der Waals surface area (Å²) in [6.07, 6.45) is 2.83. The summed E-state index contributed by atoms with van der Waals surface area (Å²) >= 11 is 0. The van der Waals surface area contributed by atoms with Crippen molar-refractivity contribution in [3.8, 4) is 0 Å². The van der Waals surface area contributed by atoms with Gasteiger partial charge < -0.3 is 10.4 Å². The predicted octanol–water partition coefficient (Wildman–Crippen LogP) is 1.65. The number of hydrogen-bond donors (Lipinski definition) is 2. The lowest BCUT2D eigenvalue weighted by Crippen LogP contribution is -2.57. The largest absolute Gasteiger partial charge is 0.480 e. The van der Waals surface area contributed by atoms with Crippen molar-refractivity contribution in [3.05, 3.63) is 17.5 Å². The fraction of sp³-hybridized carbons (Fsp3) is 0.667. The molecule has 1 aromatic heterocycles.